The van der Waals surface area contributed by atoms with Gasteiger partial charge in [0.15, 0.2) is 17.6 Å². The second kappa shape index (κ2) is 8.15. The highest BCUT2D eigenvalue weighted by Crippen LogP contribution is 2.39. The Hall–Kier alpha value is -3.31. The molecule has 0 fully saturated rings. The van der Waals surface area contributed by atoms with E-state index in [1.165, 1.54) is 0 Å². The fraction of sp³-hybridized carbons (Fsp3) is 0.0909. The molecule has 1 amide bonds. The Balaban J connectivity index is 1.54. The molecule has 0 saturated carbocycles. The monoisotopic (exact) mass is 392 g/mol. The smallest absolute Gasteiger partial charge is 0.285 e. The number of nitrogens with one attached hydrogen (secondary N) is 1. The van der Waals surface area contributed by atoms with E-state index in [0.29, 0.717) is 16.5 Å². The van der Waals surface area contributed by atoms with Gasteiger partial charge in [-0.15, -0.1) is 0 Å². The minimum atomic E-state index is -0.875. The van der Waals surface area contributed by atoms with Crippen LogP contribution in [0, 0.1) is 0 Å². The second-order valence-corrected chi connectivity index (χ2v) is 6.66. The standard InChI is InChI=1S/C22H17ClN2O3/c23-17-12-10-15(11-13-17)14-24-25-22(26)21-20(16-6-2-1-3-7-16)27-18-8-4-5-9-19(18)28-21/h1-14,20-21H,(H,25,26)/b24-14-/t20-,21-/m0/s1. The summed E-state index contributed by atoms with van der Waals surface area (Å²) in [5.41, 5.74) is 4.20. The molecule has 1 N–H and O–H groups in total. The summed E-state index contributed by atoms with van der Waals surface area (Å²) in [6.07, 6.45) is 0.0881. The molecular weight excluding hydrogens is 376 g/mol. The number of hydrogen-bond acceptors (Lipinski definition) is 4. The number of benzene rings is 3. The number of nitrogens with zero attached hydrogens (tertiary/aromatic N) is 1. The maximum atomic E-state index is 12.8. The predicted octanol–water partition coefficient (Wildman–Crippen LogP) is 4.37. The lowest BCUT2D eigenvalue weighted by atomic mass is 10.0. The molecule has 3 aromatic carbocycles. The van der Waals surface area contributed by atoms with Crippen molar-refractivity contribution >= 4 is 23.7 Å². The first-order valence-electron chi connectivity index (χ1n) is 8.76. The van der Waals surface area contributed by atoms with Crippen molar-refractivity contribution in [3.63, 3.8) is 0 Å². The molecule has 1 aliphatic rings. The first-order valence-corrected chi connectivity index (χ1v) is 9.14. The lowest BCUT2D eigenvalue weighted by Gasteiger charge is -2.32. The third-order valence-corrected chi connectivity index (χ3v) is 4.53. The number of carbonyl (C=O) groups is 1. The molecule has 0 aromatic heterocycles. The van der Waals surface area contributed by atoms with Gasteiger partial charge in [-0.1, -0.05) is 66.2 Å². The summed E-state index contributed by atoms with van der Waals surface area (Å²) in [6, 6.07) is 23.9. The van der Waals surface area contributed by atoms with Crippen LogP contribution in [0.1, 0.15) is 17.2 Å². The maximum absolute atomic E-state index is 12.8. The Bertz CT molecular complexity index is 990. The number of amides is 1. The largest absolute Gasteiger partial charge is 0.477 e. The highest BCUT2D eigenvalue weighted by atomic mass is 35.5. The zero-order chi connectivity index (χ0) is 19.3. The van der Waals surface area contributed by atoms with Crippen molar-refractivity contribution in [1.82, 2.24) is 5.43 Å². The van der Waals surface area contributed by atoms with Crippen LogP contribution in [0.4, 0.5) is 0 Å². The van der Waals surface area contributed by atoms with Crippen LogP contribution in [-0.2, 0) is 4.79 Å². The fourth-order valence-electron chi connectivity index (χ4n) is 2.90. The number of rotatable bonds is 4. The average Bonchev–Trinajstić information content (AvgIpc) is 2.75. The molecule has 0 radical (unpaired) electrons. The van der Waals surface area contributed by atoms with Crippen molar-refractivity contribution in [3.8, 4) is 11.5 Å². The van der Waals surface area contributed by atoms with Crippen LogP contribution < -0.4 is 14.9 Å². The van der Waals surface area contributed by atoms with Crippen molar-refractivity contribution in [1.29, 1.82) is 0 Å². The van der Waals surface area contributed by atoms with Crippen molar-refractivity contribution in [2.24, 2.45) is 5.10 Å². The van der Waals surface area contributed by atoms with Crippen molar-refractivity contribution in [3.05, 3.63) is 95.0 Å². The third-order valence-electron chi connectivity index (χ3n) is 4.28. The van der Waals surface area contributed by atoms with Gasteiger partial charge in [0.25, 0.3) is 5.91 Å². The molecule has 140 valence electrons. The molecule has 2 atom stereocenters. The zero-order valence-electron chi connectivity index (χ0n) is 14.8. The van der Waals surface area contributed by atoms with Gasteiger partial charge in [-0.2, -0.15) is 5.10 Å². The predicted molar refractivity (Wildman–Crippen MR) is 108 cm³/mol. The summed E-state index contributed by atoms with van der Waals surface area (Å²) in [5.74, 6) is 0.732. The number of carbonyl (C=O) groups excluding carboxylic acids is 1. The quantitative estimate of drug-likeness (QED) is 0.529. The van der Waals surface area contributed by atoms with Gasteiger partial charge in [0.2, 0.25) is 6.10 Å². The SMILES string of the molecule is O=C(N/N=C\c1ccc(Cl)cc1)[C@H]1Oc2ccccc2O[C@H]1c1ccccc1. The van der Waals surface area contributed by atoms with E-state index in [0.717, 1.165) is 11.1 Å². The summed E-state index contributed by atoms with van der Waals surface area (Å²) in [5, 5.41) is 4.66. The highest BCUT2D eigenvalue weighted by molar-refractivity contribution is 6.30. The number of ether oxygens (including phenoxy) is 2. The van der Waals surface area contributed by atoms with E-state index in [2.05, 4.69) is 10.5 Å². The normalized spacial score (nSPS) is 18.0. The Morgan fingerprint density at radius 1 is 0.893 bits per heavy atom. The van der Waals surface area contributed by atoms with Gasteiger partial charge in [-0.05, 0) is 35.4 Å². The Kier molecular flexibility index (Phi) is 5.26. The van der Waals surface area contributed by atoms with E-state index >= 15 is 0 Å². The molecule has 5 nitrogen and oxygen atoms in total. The lowest BCUT2D eigenvalue weighted by Crippen LogP contribution is -2.44. The van der Waals surface area contributed by atoms with Gasteiger partial charge >= 0.3 is 0 Å². The zero-order valence-corrected chi connectivity index (χ0v) is 15.5. The summed E-state index contributed by atoms with van der Waals surface area (Å²) in [4.78, 5) is 12.8. The Morgan fingerprint density at radius 3 is 2.25 bits per heavy atom. The van der Waals surface area contributed by atoms with Gasteiger partial charge in [0.1, 0.15) is 0 Å². The van der Waals surface area contributed by atoms with Crippen LogP contribution in [0.15, 0.2) is 84.0 Å². The van der Waals surface area contributed by atoms with Crippen LogP contribution in [0.25, 0.3) is 0 Å². The fourth-order valence-corrected chi connectivity index (χ4v) is 3.03. The number of halogens is 1. The summed E-state index contributed by atoms with van der Waals surface area (Å²) in [7, 11) is 0. The van der Waals surface area contributed by atoms with Crippen molar-refractivity contribution < 1.29 is 14.3 Å². The first kappa shape index (κ1) is 18.1. The number of hydrazone groups is 1. The minimum absolute atomic E-state index is 0.395. The molecule has 1 heterocycles. The number of para-hydroxylation sites is 2. The molecule has 0 bridgehead atoms. The number of hydrogen-bond donors (Lipinski definition) is 1. The molecule has 0 spiro atoms. The topological polar surface area (TPSA) is 59.9 Å². The molecule has 28 heavy (non-hydrogen) atoms. The molecule has 6 heteroatoms. The first-order chi connectivity index (χ1) is 13.7. The lowest BCUT2D eigenvalue weighted by molar-refractivity contribution is -0.134. The summed E-state index contributed by atoms with van der Waals surface area (Å²) < 4.78 is 12.0. The summed E-state index contributed by atoms with van der Waals surface area (Å²) in [6.45, 7) is 0. The van der Waals surface area contributed by atoms with Gasteiger partial charge in [-0.3, -0.25) is 4.79 Å². The van der Waals surface area contributed by atoms with E-state index in [-0.39, 0.29) is 0 Å². The molecule has 3 aromatic rings. The average molecular weight is 393 g/mol. The van der Waals surface area contributed by atoms with Crippen LogP contribution in [-0.4, -0.2) is 18.2 Å². The van der Waals surface area contributed by atoms with Crippen molar-refractivity contribution in [2.75, 3.05) is 0 Å². The highest BCUT2D eigenvalue weighted by Gasteiger charge is 2.38. The molecule has 0 aliphatic carbocycles. The molecular formula is C22H17ClN2O3. The van der Waals surface area contributed by atoms with Crippen LogP contribution in [0.2, 0.25) is 5.02 Å². The Morgan fingerprint density at radius 2 is 1.54 bits per heavy atom. The van der Waals surface area contributed by atoms with Gasteiger partial charge in [0, 0.05) is 5.02 Å². The third kappa shape index (κ3) is 4.00. The number of fused-ring (bicyclic) bond motifs is 1. The van der Waals surface area contributed by atoms with E-state index in [1.54, 1.807) is 36.5 Å². The molecule has 0 unspecified atom stereocenters. The van der Waals surface area contributed by atoms with Gasteiger partial charge in [0.05, 0.1) is 6.21 Å². The second-order valence-electron chi connectivity index (χ2n) is 6.22. The van der Waals surface area contributed by atoms with Crippen LogP contribution in [0.5, 0.6) is 11.5 Å². The van der Waals surface area contributed by atoms with E-state index in [4.69, 9.17) is 21.1 Å². The maximum Gasteiger partial charge on any atom is 0.285 e. The van der Waals surface area contributed by atoms with E-state index in [9.17, 15) is 4.79 Å². The van der Waals surface area contributed by atoms with Gasteiger partial charge < -0.3 is 9.47 Å². The van der Waals surface area contributed by atoms with Crippen LogP contribution >= 0.6 is 11.6 Å². The minimum Gasteiger partial charge on any atom is -0.477 e. The van der Waals surface area contributed by atoms with E-state index in [1.807, 2.05) is 48.5 Å². The van der Waals surface area contributed by atoms with E-state index < -0.39 is 18.1 Å². The molecule has 1 aliphatic heterocycles. The molecule has 4 rings (SSSR count). The Labute approximate surface area is 167 Å². The van der Waals surface area contributed by atoms with Gasteiger partial charge in [-0.25, -0.2) is 5.43 Å². The molecule has 0 saturated heterocycles. The van der Waals surface area contributed by atoms with Crippen LogP contribution in [0.3, 0.4) is 0 Å². The van der Waals surface area contributed by atoms with Crippen molar-refractivity contribution in [2.45, 2.75) is 12.2 Å². The summed E-state index contributed by atoms with van der Waals surface area (Å²) >= 11 is 5.87.